The normalized spacial score (nSPS) is 12.2. The fraction of sp³-hybridized carbons (Fsp3) is 0.333. The van der Waals surface area contributed by atoms with Crippen LogP contribution in [0.1, 0.15) is 36.1 Å². The highest BCUT2D eigenvalue weighted by Gasteiger charge is 2.11. The van der Waals surface area contributed by atoms with Gasteiger partial charge in [-0.2, -0.15) is 0 Å². The SMILES string of the molecule is CCC(N)c1ccc(-c2ccc(C)c(C)c2OC)cc1. The summed E-state index contributed by atoms with van der Waals surface area (Å²) in [5, 5.41) is 0. The first kappa shape index (κ1) is 14.6. The van der Waals surface area contributed by atoms with Gasteiger partial charge in [0.15, 0.2) is 0 Å². The molecule has 106 valence electrons. The van der Waals surface area contributed by atoms with Crippen LogP contribution in [0.15, 0.2) is 36.4 Å². The first-order valence-corrected chi connectivity index (χ1v) is 7.08. The van der Waals surface area contributed by atoms with Gasteiger partial charge in [-0.15, -0.1) is 0 Å². The van der Waals surface area contributed by atoms with Crippen LogP contribution in [0.4, 0.5) is 0 Å². The Morgan fingerprint density at radius 3 is 2.25 bits per heavy atom. The molecule has 2 aromatic carbocycles. The summed E-state index contributed by atoms with van der Waals surface area (Å²) in [6.45, 7) is 6.30. The molecule has 0 heterocycles. The molecule has 0 saturated heterocycles. The lowest BCUT2D eigenvalue weighted by Crippen LogP contribution is -2.08. The molecule has 20 heavy (non-hydrogen) atoms. The predicted octanol–water partition coefficient (Wildman–Crippen LogP) is 4.39. The Labute approximate surface area is 121 Å². The van der Waals surface area contributed by atoms with Crippen molar-refractivity contribution in [3.63, 3.8) is 0 Å². The first-order valence-electron chi connectivity index (χ1n) is 7.08. The molecule has 0 aliphatic heterocycles. The molecule has 2 N–H and O–H groups in total. The monoisotopic (exact) mass is 269 g/mol. The molecule has 0 aromatic heterocycles. The third-order valence-corrected chi connectivity index (χ3v) is 3.97. The number of hydrogen-bond acceptors (Lipinski definition) is 2. The van der Waals surface area contributed by atoms with Gasteiger partial charge in [0.1, 0.15) is 5.75 Å². The fourth-order valence-electron chi connectivity index (χ4n) is 2.43. The zero-order valence-electron chi connectivity index (χ0n) is 12.7. The number of hydrogen-bond donors (Lipinski definition) is 1. The Morgan fingerprint density at radius 2 is 1.70 bits per heavy atom. The smallest absolute Gasteiger partial charge is 0.129 e. The molecule has 0 aliphatic rings. The average Bonchev–Trinajstić information content (AvgIpc) is 2.49. The Balaban J connectivity index is 2.44. The van der Waals surface area contributed by atoms with Crippen molar-refractivity contribution in [2.24, 2.45) is 5.73 Å². The van der Waals surface area contributed by atoms with Crippen molar-refractivity contribution in [3.8, 4) is 16.9 Å². The van der Waals surface area contributed by atoms with Gasteiger partial charge in [-0.3, -0.25) is 0 Å². The Morgan fingerprint density at radius 1 is 1.05 bits per heavy atom. The van der Waals surface area contributed by atoms with E-state index in [2.05, 4.69) is 57.2 Å². The molecular weight excluding hydrogens is 246 g/mol. The molecule has 0 fully saturated rings. The second kappa shape index (κ2) is 6.10. The summed E-state index contributed by atoms with van der Waals surface area (Å²) < 4.78 is 5.59. The molecule has 0 bridgehead atoms. The van der Waals surface area contributed by atoms with E-state index in [1.807, 2.05) is 0 Å². The lowest BCUT2D eigenvalue weighted by molar-refractivity contribution is 0.413. The third kappa shape index (κ3) is 2.70. The van der Waals surface area contributed by atoms with Gasteiger partial charge in [0.2, 0.25) is 0 Å². The van der Waals surface area contributed by atoms with Gasteiger partial charge < -0.3 is 10.5 Å². The Kier molecular flexibility index (Phi) is 4.46. The number of ether oxygens (including phenoxy) is 1. The van der Waals surface area contributed by atoms with Crippen LogP contribution >= 0.6 is 0 Å². The second-order valence-corrected chi connectivity index (χ2v) is 5.23. The van der Waals surface area contributed by atoms with E-state index in [9.17, 15) is 0 Å². The molecule has 0 amide bonds. The minimum absolute atomic E-state index is 0.116. The zero-order valence-corrected chi connectivity index (χ0v) is 12.7. The summed E-state index contributed by atoms with van der Waals surface area (Å²) in [6, 6.07) is 12.8. The van der Waals surface area contributed by atoms with Crippen LogP contribution in [-0.4, -0.2) is 7.11 Å². The summed E-state index contributed by atoms with van der Waals surface area (Å²) in [5.74, 6) is 0.956. The van der Waals surface area contributed by atoms with E-state index >= 15 is 0 Å². The largest absolute Gasteiger partial charge is 0.496 e. The highest BCUT2D eigenvalue weighted by molar-refractivity contribution is 5.73. The van der Waals surface area contributed by atoms with Crippen LogP contribution < -0.4 is 10.5 Å². The minimum Gasteiger partial charge on any atom is -0.496 e. The highest BCUT2D eigenvalue weighted by atomic mass is 16.5. The van der Waals surface area contributed by atoms with E-state index in [1.54, 1.807) is 7.11 Å². The number of rotatable bonds is 4. The number of nitrogens with two attached hydrogens (primary N) is 1. The number of benzene rings is 2. The van der Waals surface area contributed by atoms with Gasteiger partial charge in [-0.05, 0) is 42.5 Å². The summed E-state index contributed by atoms with van der Waals surface area (Å²) in [7, 11) is 1.73. The average molecular weight is 269 g/mol. The molecule has 2 heteroatoms. The van der Waals surface area contributed by atoms with Crippen LogP contribution in [0.3, 0.4) is 0 Å². The Bertz CT molecular complexity index is 587. The Hall–Kier alpha value is -1.80. The van der Waals surface area contributed by atoms with E-state index in [0.29, 0.717) is 0 Å². The van der Waals surface area contributed by atoms with Crippen molar-refractivity contribution in [1.82, 2.24) is 0 Å². The fourth-order valence-corrected chi connectivity index (χ4v) is 2.43. The van der Waals surface area contributed by atoms with Gasteiger partial charge in [0.05, 0.1) is 7.11 Å². The molecule has 2 rings (SSSR count). The van der Waals surface area contributed by atoms with Crippen molar-refractivity contribution >= 4 is 0 Å². The standard InChI is InChI=1S/C18H23NO/c1-5-17(19)15-9-7-14(8-10-15)16-11-6-12(2)13(3)18(16)20-4/h6-11,17H,5,19H2,1-4H3. The number of aryl methyl sites for hydroxylation is 1. The lowest BCUT2D eigenvalue weighted by Gasteiger charge is -2.15. The first-order chi connectivity index (χ1) is 9.58. The predicted molar refractivity (Wildman–Crippen MR) is 85.1 cm³/mol. The minimum atomic E-state index is 0.116. The maximum absolute atomic E-state index is 6.06. The van der Waals surface area contributed by atoms with Crippen LogP contribution in [0.5, 0.6) is 5.75 Å². The van der Waals surface area contributed by atoms with Gasteiger partial charge in [-0.25, -0.2) is 0 Å². The molecule has 2 aromatic rings. The maximum atomic E-state index is 6.06. The van der Waals surface area contributed by atoms with Crippen molar-refractivity contribution in [1.29, 1.82) is 0 Å². The van der Waals surface area contributed by atoms with E-state index in [4.69, 9.17) is 10.5 Å². The summed E-state index contributed by atoms with van der Waals surface area (Å²) in [5.41, 5.74) is 12.0. The summed E-state index contributed by atoms with van der Waals surface area (Å²) in [4.78, 5) is 0. The van der Waals surface area contributed by atoms with Crippen molar-refractivity contribution in [2.45, 2.75) is 33.2 Å². The molecule has 0 spiro atoms. The van der Waals surface area contributed by atoms with Crippen molar-refractivity contribution in [2.75, 3.05) is 7.11 Å². The summed E-state index contributed by atoms with van der Waals surface area (Å²) >= 11 is 0. The van der Waals surface area contributed by atoms with Gasteiger partial charge in [-0.1, -0.05) is 43.3 Å². The third-order valence-electron chi connectivity index (χ3n) is 3.97. The lowest BCUT2D eigenvalue weighted by atomic mass is 9.96. The molecule has 1 atom stereocenters. The van der Waals surface area contributed by atoms with Crippen LogP contribution in [-0.2, 0) is 0 Å². The van der Waals surface area contributed by atoms with Crippen molar-refractivity contribution in [3.05, 3.63) is 53.1 Å². The molecular formula is C18H23NO. The summed E-state index contributed by atoms with van der Waals surface area (Å²) in [6.07, 6.45) is 0.951. The van der Waals surface area contributed by atoms with Gasteiger partial charge >= 0.3 is 0 Å². The molecule has 0 aliphatic carbocycles. The zero-order chi connectivity index (χ0) is 14.7. The second-order valence-electron chi connectivity index (χ2n) is 5.23. The van der Waals surface area contributed by atoms with E-state index < -0.39 is 0 Å². The number of methoxy groups -OCH3 is 1. The molecule has 0 radical (unpaired) electrons. The van der Waals surface area contributed by atoms with Crippen LogP contribution in [0, 0.1) is 13.8 Å². The van der Waals surface area contributed by atoms with Crippen molar-refractivity contribution < 1.29 is 4.74 Å². The van der Waals surface area contributed by atoms with E-state index in [-0.39, 0.29) is 6.04 Å². The maximum Gasteiger partial charge on any atom is 0.129 e. The van der Waals surface area contributed by atoms with Crippen LogP contribution in [0.25, 0.3) is 11.1 Å². The molecule has 2 nitrogen and oxygen atoms in total. The highest BCUT2D eigenvalue weighted by Crippen LogP contribution is 2.34. The van der Waals surface area contributed by atoms with Crippen LogP contribution in [0.2, 0.25) is 0 Å². The topological polar surface area (TPSA) is 35.2 Å². The van der Waals surface area contributed by atoms with E-state index in [0.717, 1.165) is 23.3 Å². The van der Waals surface area contributed by atoms with E-state index in [1.165, 1.54) is 16.7 Å². The van der Waals surface area contributed by atoms with Gasteiger partial charge in [0, 0.05) is 11.6 Å². The van der Waals surface area contributed by atoms with Gasteiger partial charge in [0.25, 0.3) is 0 Å². The quantitative estimate of drug-likeness (QED) is 0.893. The molecule has 1 unspecified atom stereocenters. The molecule has 0 saturated carbocycles.